The highest BCUT2D eigenvalue weighted by atomic mass is 16.5. The molecular formula is C13H18N2O2. The molecule has 17 heavy (non-hydrogen) atoms. The minimum atomic E-state index is -0.241. The van der Waals surface area contributed by atoms with E-state index in [2.05, 4.69) is 23.5 Å². The van der Waals surface area contributed by atoms with Crippen LogP contribution in [-0.4, -0.2) is 31.7 Å². The maximum absolute atomic E-state index is 11.4. The summed E-state index contributed by atoms with van der Waals surface area (Å²) in [6.45, 7) is 2.28. The van der Waals surface area contributed by atoms with E-state index in [1.165, 1.54) is 23.8 Å². The summed E-state index contributed by atoms with van der Waals surface area (Å²) >= 11 is 0. The Hall–Kier alpha value is -1.55. The largest absolute Gasteiger partial charge is 0.453 e. The summed E-state index contributed by atoms with van der Waals surface area (Å²) in [5, 5.41) is 3.14. The number of nitrogens with zero attached hydrogens (tertiary/aromatic N) is 1. The van der Waals surface area contributed by atoms with E-state index in [-0.39, 0.29) is 6.09 Å². The maximum atomic E-state index is 11.4. The summed E-state index contributed by atoms with van der Waals surface area (Å²) < 4.78 is 4.74. The molecule has 0 fully saturated rings. The fourth-order valence-electron chi connectivity index (χ4n) is 2.21. The number of hydrogen-bond acceptors (Lipinski definition) is 3. The van der Waals surface area contributed by atoms with Gasteiger partial charge in [-0.05, 0) is 30.2 Å². The Labute approximate surface area is 102 Å². The molecule has 0 aliphatic carbocycles. The van der Waals surface area contributed by atoms with E-state index < -0.39 is 0 Å². The van der Waals surface area contributed by atoms with Crippen LogP contribution in [0.15, 0.2) is 18.2 Å². The van der Waals surface area contributed by atoms with E-state index in [1.54, 1.807) is 4.90 Å². The van der Waals surface area contributed by atoms with Gasteiger partial charge in [-0.15, -0.1) is 0 Å². The van der Waals surface area contributed by atoms with E-state index in [0.717, 1.165) is 19.5 Å². The first-order chi connectivity index (χ1) is 8.24. The van der Waals surface area contributed by atoms with Gasteiger partial charge < -0.3 is 15.0 Å². The van der Waals surface area contributed by atoms with Crippen molar-refractivity contribution in [3.8, 4) is 0 Å². The first-order valence-electron chi connectivity index (χ1n) is 5.82. The van der Waals surface area contributed by atoms with Crippen molar-refractivity contribution < 1.29 is 9.53 Å². The van der Waals surface area contributed by atoms with Gasteiger partial charge in [0, 0.05) is 19.6 Å². The number of benzene rings is 1. The van der Waals surface area contributed by atoms with Crippen molar-refractivity contribution in [3.05, 3.63) is 34.9 Å². The Kier molecular flexibility index (Phi) is 3.64. The molecule has 1 aromatic carbocycles. The van der Waals surface area contributed by atoms with Gasteiger partial charge >= 0.3 is 6.09 Å². The van der Waals surface area contributed by atoms with Crippen LogP contribution >= 0.6 is 0 Å². The summed E-state index contributed by atoms with van der Waals surface area (Å²) in [6.07, 6.45) is 0.664. The van der Waals surface area contributed by atoms with Gasteiger partial charge in [0.1, 0.15) is 0 Å². The molecule has 0 radical (unpaired) electrons. The Morgan fingerprint density at radius 1 is 1.47 bits per heavy atom. The van der Waals surface area contributed by atoms with Crippen molar-refractivity contribution in [1.82, 2.24) is 10.2 Å². The molecule has 4 heteroatoms. The summed E-state index contributed by atoms with van der Waals surface area (Å²) in [7, 11) is 3.37. The van der Waals surface area contributed by atoms with Gasteiger partial charge in [-0.25, -0.2) is 4.79 Å². The minimum Gasteiger partial charge on any atom is -0.453 e. The van der Waals surface area contributed by atoms with Gasteiger partial charge in [0.2, 0.25) is 0 Å². The minimum absolute atomic E-state index is 0.241. The zero-order valence-electron chi connectivity index (χ0n) is 10.3. The average molecular weight is 234 g/mol. The molecule has 1 aliphatic heterocycles. The fraction of sp³-hybridized carbons (Fsp3) is 0.462. The normalized spacial score (nSPS) is 14.4. The monoisotopic (exact) mass is 234 g/mol. The van der Waals surface area contributed by atoms with E-state index in [4.69, 9.17) is 4.74 Å². The van der Waals surface area contributed by atoms with Gasteiger partial charge in [0.05, 0.1) is 7.11 Å². The molecule has 1 aromatic rings. The topological polar surface area (TPSA) is 41.6 Å². The Morgan fingerprint density at radius 3 is 3.00 bits per heavy atom. The van der Waals surface area contributed by atoms with Gasteiger partial charge in [0.15, 0.2) is 0 Å². The number of methoxy groups -OCH3 is 1. The second-order valence-electron chi connectivity index (χ2n) is 4.27. The van der Waals surface area contributed by atoms with E-state index in [0.29, 0.717) is 6.54 Å². The molecule has 0 spiro atoms. The highest BCUT2D eigenvalue weighted by Gasteiger charge is 2.20. The zero-order chi connectivity index (χ0) is 12.3. The lowest BCUT2D eigenvalue weighted by Gasteiger charge is -2.28. The smallest absolute Gasteiger partial charge is 0.409 e. The van der Waals surface area contributed by atoms with Crippen molar-refractivity contribution in [1.29, 1.82) is 0 Å². The number of hydrogen-bond donors (Lipinski definition) is 1. The second kappa shape index (κ2) is 5.19. The van der Waals surface area contributed by atoms with Gasteiger partial charge in [-0.3, -0.25) is 0 Å². The molecule has 0 saturated heterocycles. The van der Waals surface area contributed by atoms with Crippen LogP contribution in [0.25, 0.3) is 0 Å². The number of ether oxygens (including phenoxy) is 1. The number of carbonyl (C=O) groups excluding carboxylic acids is 1. The molecule has 4 nitrogen and oxygen atoms in total. The predicted octanol–water partition coefficient (Wildman–Crippen LogP) is 1.53. The highest BCUT2D eigenvalue weighted by molar-refractivity contribution is 5.68. The third-order valence-electron chi connectivity index (χ3n) is 3.10. The third-order valence-corrected chi connectivity index (χ3v) is 3.10. The number of carbonyl (C=O) groups is 1. The lowest BCUT2D eigenvalue weighted by Crippen LogP contribution is -2.35. The Bertz CT molecular complexity index is 418. The first kappa shape index (κ1) is 11.9. The van der Waals surface area contributed by atoms with E-state index >= 15 is 0 Å². The van der Waals surface area contributed by atoms with E-state index in [1.807, 2.05) is 7.05 Å². The molecule has 1 aliphatic rings. The first-order valence-corrected chi connectivity index (χ1v) is 5.82. The van der Waals surface area contributed by atoms with Crippen molar-refractivity contribution in [3.63, 3.8) is 0 Å². The third kappa shape index (κ3) is 2.58. The van der Waals surface area contributed by atoms with Crippen molar-refractivity contribution in [2.24, 2.45) is 0 Å². The number of amides is 1. The molecular weight excluding hydrogens is 216 g/mol. The molecule has 1 N–H and O–H groups in total. The van der Waals surface area contributed by atoms with Crippen LogP contribution in [0.3, 0.4) is 0 Å². The molecule has 0 bridgehead atoms. The molecule has 92 valence electrons. The number of fused-ring (bicyclic) bond motifs is 1. The molecule has 0 aromatic heterocycles. The predicted molar refractivity (Wildman–Crippen MR) is 65.7 cm³/mol. The molecule has 0 atom stereocenters. The standard InChI is InChI=1S/C13H18N2O2/c1-14-8-10-3-4-12-9-15(13(16)17-2)6-5-11(12)7-10/h3-4,7,14H,5-6,8-9H2,1-2H3. The SMILES string of the molecule is CNCc1ccc2c(c1)CCN(C(=O)OC)C2. The van der Waals surface area contributed by atoms with Crippen LogP contribution in [0.1, 0.15) is 16.7 Å². The van der Waals surface area contributed by atoms with Crippen LogP contribution in [0.4, 0.5) is 4.79 Å². The summed E-state index contributed by atoms with van der Waals surface area (Å²) in [4.78, 5) is 13.2. The Morgan fingerprint density at radius 2 is 2.29 bits per heavy atom. The summed E-state index contributed by atoms with van der Waals surface area (Å²) in [5.41, 5.74) is 3.86. The van der Waals surface area contributed by atoms with Gasteiger partial charge in [-0.2, -0.15) is 0 Å². The quantitative estimate of drug-likeness (QED) is 0.843. The molecule has 1 amide bonds. The van der Waals surface area contributed by atoms with Crippen molar-refractivity contribution in [2.75, 3.05) is 20.7 Å². The second-order valence-corrected chi connectivity index (χ2v) is 4.27. The van der Waals surface area contributed by atoms with Crippen LogP contribution < -0.4 is 5.32 Å². The summed E-state index contributed by atoms with van der Waals surface area (Å²) in [6, 6.07) is 6.44. The van der Waals surface area contributed by atoms with Gasteiger partial charge in [-0.1, -0.05) is 18.2 Å². The van der Waals surface area contributed by atoms with Crippen LogP contribution in [0.5, 0.6) is 0 Å². The molecule has 2 rings (SSSR count). The lowest BCUT2D eigenvalue weighted by molar-refractivity contribution is 0.118. The highest BCUT2D eigenvalue weighted by Crippen LogP contribution is 2.20. The van der Waals surface area contributed by atoms with E-state index in [9.17, 15) is 4.79 Å². The fourth-order valence-corrected chi connectivity index (χ4v) is 2.21. The Balaban J connectivity index is 2.14. The van der Waals surface area contributed by atoms with Crippen molar-refractivity contribution in [2.45, 2.75) is 19.5 Å². The van der Waals surface area contributed by atoms with Crippen LogP contribution in [0.2, 0.25) is 0 Å². The average Bonchev–Trinajstić information content (AvgIpc) is 2.37. The van der Waals surface area contributed by atoms with Crippen LogP contribution in [-0.2, 0) is 24.2 Å². The lowest BCUT2D eigenvalue weighted by atomic mass is 9.97. The molecule has 0 unspecified atom stereocenters. The number of nitrogens with one attached hydrogen (secondary N) is 1. The summed E-state index contributed by atoms with van der Waals surface area (Å²) in [5.74, 6) is 0. The molecule has 1 heterocycles. The zero-order valence-corrected chi connectivity index (χ0v) is 10.3. The maximum Gasteiger partial charge on any atom is 0.409 e. The molecule has 0 saturated carbocycles. The van der Waals surface area contributed by atoms with Gasteiger partial charge in [0.25, 0.3) is 0 Å². The number of rotatable bonds is 2. The van der Waals surface area contributed by atoms with Crippen molar-refractivity contribution >= 4 is 6.09 Å². The van der Waals surface area contributed by atoms with Crippen LogP contribution in [0, 0.1) is 0 Å².